The molecule has 0 bridgehead atoms. The number of aliphatic hydroxyl groups is 1. The number of carbonyl (C=O) groups is 2. The molecule has 6 fully saturated rings. The lowest BCUT2D eigenvalue weighted by Crippen LogP contribution is -2.58. The summed E-state index contributed by atoms with van der Waals surface area (Å²) in [6, 6.07) is 16.3. The molecule has 1 saturated carbocycles. The Labute approximate surface area is 463 Å². The predicted octanol–water partition coefficient (Wildman–Crippen LogP) is 6.31. The molecule has 18 nitrogen and oxygen atoms in total. The number of hydrogen-bond acceptors (Lipinski definition) is 17. The molecule has 6 aliphatic heterocycles. The Morgan fingerprint density at radius 3 is 2.36 bits per heavy atom. The summed E-state index contributed by atoms with van der Waals surface area (Å²) in [6.45, 7) is 18.6. The third-order valence-electron chi connectivity index (χ3n) is 17.9. The van der Waals surface area contributed by atoms with E-state index in [2.05, 4.69) is 45.9 Å². The van der Waals surface area contributed by atoms with Crippen molar-refractivity contribution in [3.05, 3.63) is 100 Å². The molecular weight excluding hydrogens is 1010 g/mol. The highest BCUT2D eigenvalue weighted by molar-refractivity contribution is 7.13. The van der Waals surface area contributed by atoms with Crippen molar-refractivity contribution in [2.24, 2.45) is 23.5 Å². The van der Waals surface area contributed by atoms with E-state index in [0.29, 0.717) is 35.6 Å². The van der Waals surface area contributed by atoms with E-state index in [4.69, 9.17) is 19.7 Å². The van der Waals surface area contributed by atoms with Crippen molar-refractivity contribution in [1.82, 2.24) is 45.9 Å². The maximum absolute atomic E-state index is 14.4. The summed E-state index contributed by atoms with van der Waals surface area (Å²) >= 11 is 1.60. The number of hydrazine groups is 1. The lowest BCUT2D eigenvalue weighted by molar-refractivity contribution is -0.144. The maximum Gasteiger partial charge on any atom is 0.243 e. The minimum Gasteiger partial charge on any atom is -0.507 e. The van der Waals surface area contributed by atoms with Crippen molar-refractivity contribution < 1.29 is 33.8 Å². The number of anilines is 1. The molecule has 0 radical (unpaired) electrons. The Morgan fingerprint density at radius 2 is 1.64 bits per heavy atom. The molecule has 5 saturated heterocycles. The Hall–Kier alpha value is -5.70. The highest BCUT2D eigenvalue weighted by Crippen LogP contribution is 2.39. The number of rotatable bonds is 16. The first kappa shape index (κ1) is 54.3. The normalized spacial score (nSPS) is 25.4. The molecule has 1 aliphatic carbocycles. The average molecular weight is 1090 g/mol. The number of morpholine rings is 1. The standard InChI is InChI=1S/C59H81N11O7S/c1-37(2)54(58(74)70-34-44(71)29-50(70)57(73)62-38(3)42-9-11-43(12-10-42)55-39(4)61-36-78-55)52-31-53(65-77-52)69-21-13-40(14-22-69)32-66-19-15-45(16-20-66)76-46-27-41(28-46)33-67-25-26-75-59(35-67)17-23-68(24-18-59)49-30-48(63-64-56(49)60)47-7-5-6-8-51(47)72/h5-12,30-31,36-38,40-41,44-46,50,54,63-64,71-72H,13-29,32-35,60H2,1-4H3,(H,62,73)/t38-,41-,44+,46-,50-,54+/m0/s1. The number of aromatic hydroxyl groups is 1. The van der Waals surface area contributed by atoms with Crippen LogP contribution in [0.25, 0.3) is 16.1 Å². The average Bonchev–Trinajstić information content (AvgIpc) is 4.24. The third-order valence-corrected chi connectivity index (χ3v) is 18.9. The summed E-state index contributed by atoms with van der Waals surface area (Å²) in [4.78, 5) is 45.2. The second kappa shape index (κ2) is 23.6. The fraction of sp³-hybridized carbons (Fsp3) is 0.593. The van der Waals surface area contributed by atoms with Gasteiger partial charge in [-0.15, -0.1) is 11.3 Å². The number of hydrogen-bond donors (Lipinski definition) is 6. The van der Waals surface area contributed by atoms with Crippen LogP contribution >= 0.6 is 11.3 Å². The van der Waals surface area contributed by atoms with E-state index in [-0.39, 0.29) is 48.1 Å². The molecule has 1 spiro atoms. The van der Waals surface area contributed by atoms with Crippen LogP contribution in [-0.2, 0) is 19.1 Å². The second-order valence-corrected chi connectivity index (χ2v) is 24.6. The summed E-state index contributed by atoms with van der Waals surface area (Å²) in [5, 5.41) is 28.9. The van der Waals surface area contributed by atoms with Crippen LogP contribution in [0, 0.1) is 24.7 Å². The van der Waals surface area contributed by atoms with Crippen LogP contribution < -0.4 is 26.8 Å². The number of likely N-dealkylation sites (tertiary alicyclic amines) is 3. The van der Waals surface area contributed by atoms with Gasteiger partial charge in [0.2, 0.25) is 11.8 Å². The SMILES string of the molecule is Cc1ncsc1-c1ccc([C@H](C)NC(=O)[C@@H]2C[C@@H](O)CN2C(=O)[C@@H](c2cc(N3CCC(CN4CCC(O[C@H]5C[C@H](CN6CCOC7(CCN(C8=C(N)NNC(c9ccccc9O)=C8)CC7)C6)C5)CC4)CC3)no2)C(C)C)cc1. The van der Waals surface area contributed by atoms with Crippen LogP contribution in [-0.4, -0.2) is 160 Å². The fourth-order valence-corrected chi connectivity index (χ4v) is 14.1. The van der Waals surface area contributed by atoms with Gasteiger partial charge in [-0.05, 0) is 112 Å². The highest BCUT2D eigenvalue weighted by atomic mass is 32.1. The first-order chi connectivity index (χ1) is 37.7. The van der Waals surface area contributed by atoms with Gasteiger partial charge < -0.3 is 54.9 Å². The van der Waals surface area contributed by atoms with Crippen LogP contribution in [0.1, 0.15) is 113 Å². The Kier molecular flexibility index (Phi) is 16.4. The molecule has 7 aliphatic rings. The summed E-state index contributed by atoms with van der Waals surface area (Å²) < 4.78 is 19.2. The Bertz CT molecular complexity index is 2770. The summed E-state index contributed by atoms with van der Waals surface area (Å²) in [7, 11) is 0. The monoisotopic (exact) mass is 1090 g/mol. The summed E-state index contributed by atoms with van der Waals surface area (Å²) in [5.74, 6) is 2.06. The lowest BCUT2D eigenvalue weighted by atomic mass is 9.81. The molecule has 19 heteroatoms. The third kappa shape index (κ3) is 12.1. The van der Waals surface area contributed by atoms with Crippen molar-refractivity contribution in [1.29, 1.82) is 0 Å². The van der Waals surface area contributed by atoms with Crippen LogP contribution in [0.3, 0.4) is 0 Å². The van der Waals surface area contributed by atoms with Gasteiger partial charge >= 0.3 is 0 Å². The lowest BCUT2D eigenvalue weighted by Gasteiger charge is -2.50. The number of allylic oxidation sites excluding steroid dienone is 1. The number of aliphatic hydroxyl groups excluding tert-OH is 1. The van der Waals surface area contributed by atoms with Crippen molar-refractivity contribution in [3.63, 3.8) is 0 Å². The number of phenols is 1. The predicted molar refractivity (Wildman–Crippen MR) is 301 cm³/mol. The van der Waals surface area contributed by atoms with Crippen LogP contribution in [0.15, 0.2) is 82.2 Å². The number of phenolic OH excluding ortho intramolecular Hbond substituents is 1. The number of para-hydroxylation sites is 1. The number of ether oxygens (including phenoxy) is 2. The van der Waals surface area contributed by atoms with E-state index < -0.39 is 18.1 Å². The van der Waals surface area contributed by atoms with E-state index in [1.807, 2.05) is 87.8 Å². The van der Waals surface area contributed by atoms with Gasteiger partial charge in [0.25, 0.3) is 0 Å². The van der Waals surface area contributed by atoms with E-state index in [1.165, 1.54) is 0 Å². The van der Waals surface area contributed by atoms with Gasteiger partial charge in [0.15, 0.2) is 11.6 Å². The zero-order chi connectivity index (χ0) is 54.1. The number of carbonyl (C=O) groups excluding carboxylic acids is 2. The van der Waals surface area contributed by atoms with Crippen molar-refractivity contribution in [2.75, 3.05) is 83.5 Å². The molecule has 7 N–H and O–H groups in total. The van der Waals surface area contributed by atoms with E-state index in [1.54, 1.807) is 22.3 Å². The Morgan fingerprint density at radius 1 is 0.897 bits per heavy atom. The number of nitrogens with two attached hydrogens (primary N) is 1. The minimum atomic E-state index is -0.796. The molecule has 2 aromatic carbocycles. The number of β-amino-alcohol motifs (C(OH)–C–C–N with tert-alkyl or cyclic N) is 1. The fourth-order valence-electron chi connectivity index (χ4n) is 13.3. The number of aromatic nitrogens is 2. The van der Waals surface area contributed by atoms with Crippen molar-refractivity contribution in [3.8, 4) is 16.2 Å². The number of amides is 2. The topological polar surface area (TPSA) is 210 Å². The van der Waals surface area contributed by atoms with Gasteiger partial charge in [0.1, 0.15) is 23.5 Å². The number of thiazole rings is 1. The van der Waals surface area contributed by atoms with Gasteiger partial charge in [0, 0.05) is 90.0 Å². The van der Waals surface area contributed by atoms with Crippen LogP contribution in [0.5, 0.6) is 5.75 Å². The smallest absolute Gasteiger partial charge is 0.243 e. The molecule has 420 valence electrons. The largest absolute Gasteiger partial charge is 0.507 e. The number of benzene rings is 2. The van der Waals surface area contributed by atoms with E-state index >= 15 is 0 Å². The van der Waals surface area contributed by atoms with E-state index in [9.17, 15) is 19.8 Å². The molecular formula is C59H81N11O7S. The first-order valence-corrected chi connectivity index (χ1v) is 29.6. The van der Waals surface area contributed by atoms with Crippen molar-refractivity contribution in [2.45, 2.75) is 127 Å². The van der Waals surface area contributed by atoms with E-state index in [0.717, 1.165) is 168 Å². The molecule has 4 aromatic rings. The highest BCUT2D eigenvalue weighted by Gasteiger charge is 2.45. The maximum atomic E-state index is 14.4. The summed E-state index contributed by atoms with van der Waals surface area (Å²) in [5.41, 5.74) is 19.9. The minimum absolute atomic E-state index is 0.0918. The molecule has 11 rings (SSSR count). The molecule has 2 amide bonds. The van der Waals surface area contributed by atoms with Gasteiger partial charge in [0.05, 0.1) is 64.0 Å². The zero-order valence-electron chi connectivity index (χ0n) is 45.9. The van der Waals surface area contributed by atoms with Crippen LogP contribution in [0.2, 0.25) is 0 Å². The molecule has 8 heterocycles. The van der Waals surface area contributed by atoms with Gasteiger partial charge in [-0.2, -0.15) is 0 Å². The Balaban J connectivity index is 0.584. The first-order valence-electron chi connectivity index (χ1n) is 28.8. The van der Waals surface area contributed by atoms with Gasteiger partial charge in [-0.1, -0.05) is 55.4 Å². The number of piperidine rings is 3. The molecule has 0 unspecified atom stereocenters. The number of nitrogens with zero attached hydrogens (tertiary/aromatic N) is 7. The molecule has 2 aromatic heterocycles. The van der Waals surface area contributed by atoms with Gasteiger partial charge in [-0.3, -0.25) is 25.3 Å². The number of nitrogens with one attached hydrogen (secondary N) is 3. The van der Waals surface area contributed by atoms with Crippen LogP contribution in [0.4, 0.5) is 5.82 Å². The quantitative estimate of drug-likeness (QED) is 0.0726. The zero-order valence-corrected chi connectivity index (χ0v) is 46.8. The number of aryl methyl sites for hydroxylation is 1. The van der Waals surface area contributed by atoms with Gasteiger partial charge in [-0.25, -0.2) is 4.98 Å². The molecule has 78 heavy (non-hydrogen) atoms. The molecule has 4 atom stereocenters. The van der Waals surface area contributed by atoms with Crippen molar-refractivity contribution >= 4 is 34.7 Å². The summed E-state index contributed by atoms with van der Waals surface area (Å²) in [6.07, 6.45) is 10.6. The second-order valence-electron chi connectivity index (χ2n) is 23.7.